The highest BCUT2D eigenvalue weighted by atomic mass is 16.5. The van der Waals surface area contributed by atoms with E-state index >= 15 is 0 Å². The quantitative estimate of drug-likeness (QED) is 0.678. The van der Waals surface area contributed by atoms with Crippen LogP contribution in [0.15, 0.2) is 30.5 Å². The molecule has 28 heavy (non-hydrogen) atoms. The first-order chi connectivity index (χ1) is 13.4. The fraction of sp³-hybridized carbons (Fsp3) is 0.250. The number of nitrogens with one attached hydrogen (secondary N) is 1. The Morgan fingerprint density at radius 2 is 1.89 bits per heavy atom. The summed E-state index contributed by atoms with van der Waals surface area (Å²) in [7, 11) is 2.85. The maximum absolute atomic E-state index is 13.1. The third-order valence-corrected chi connectivity index (χ3v) is 4.47. The van der Waals surface area contributed by atoms with Gasteiger partial charge in [-0.3, -0.25) is 9.20 Å². The predicted octanol–water partition coefficient (Wildman–Crippen LogP) is 3.17. The summed E-state index contributed by atoms with van der Waals surface area (Å²) in [4.78, 5) is 29.3. The van der Waals surface area contributed by atoms with Crippen molar-refractivity contribution in [1.82, 2.24) is 9.38 Å². The van der Waals surface area contributed by atoms with Crippen molar-refractivity contribution < 1.29 is 24.2 Å². The van der Waals surface area contributed by atoms with Crippen LogP contribution >= 0.6 is 0 Å². The maximum Gasteiger partial charge on any atom is 0.337 e. The highest BCUT2D eigenvalue weighted by Crippen LogP contribution is 2.33. The van der Waals surface area contributed by atoms with Crippen molar-refractivity contribution in [3.63, 3.8) is 0 Å². The molecular weight excluding hydrogens is 362 g/mol. The maximum atomic E-state index is 13.1. The third-order valence-electron chi connectivity index (χ3n) is 4.47. The number of carbonyl (C=O) groups is 2. The third kappa shape index (κ3) is 3.24. The lowest BCUT2D eigenvalue weighted by molar-refractivity contribution is 0.0697. The number of rotatable bonds is 6. The number of aromatic nitrogens is 2. The summed E-state index contributed by atoms with van der Waals surface area (Å²) in [6, 6.07) is 6.50. The van der Waals surface area contributed by atoms with Gasteiger partial charge in [0.25, 0.3) is 5.91 Å². The van der Waals surface area contributed by atoms with E-state index in [1.807, 2.05) is 26.0 Å². The molecular formula is C20H21N3O5. The predicted molar refractivity (Wildman–Crippen MR) is 104 cm³/mol. The number of ether oxygens (including phenoxy) is 2. The first-order valence-electron chi connectivity index (χ1n) is 8.68. The summed E-state index contributed by atoms with van der Waals surface area (Å²) >= 11 is 0. The molecule has 1 amide bonds. The minimum atomic E-state index is -1.19. The summed E-state index contributed by atoms with van der Waals surface area (Å²) in [5.74, 6) is -1.07. The van der Waals surface area contributed by atoms with Crippen LogP contribution in [0.1, 0.15) is 39.0 Å². The van der Waals surface area contributed by atoms with E-state index in [1.165, 1.54) is 26.4 Å². The molecule has 0 aliphatic heterocycles. The molecule has 3 aromatic rings. The van der Waals surface area contributed by atoms with Gasteiger partial charge in [0.15, 0.2) is 11.5 Å². The molecule has 0 aliphatic rings. The zero-order chi connectivity index (χ0) is 20.4. The van der Waals surface area contributed by atoms with Crippen molar-refractivity contribution in [2.75, 3.05) is 19.5 Å². The summed E-state index contributed by atoms with van der Waals surface area (Å²) in [6.45, 7) is 3.83. The van der Waals surface area contributed by atoms with Gasteiger partial charge < -0.3 is 19.9 Å². The minimum absolute atomic E-state index is 0.103. The molecule has 2 N–H and O–H groups in total. The van der Waals surface area contributed by atoms with E-state index in [2.05, 4.69) is 10.3 Å². The minimum Gasteiger partial charge on any atom is -0.493 e. The molecule has 1 aromatic carbocycles. The van der Waals surface area contributed by atoms with Crippen LogP contribution in [0.2, 0.25) is 0 Å². The smallest absolute Gasteiger partial charge is 0.337 e. The van der Waals surface area contributed by atoms with Crippen LogP contribution in [0.3, 0.4) is 0 Å². The molecule has 8 heteroatoms. The second-order valence-electron chi connectivity index (χ2n) is 6.16. The number of amides is 1. The molecule has 0 aliphatic carbocycles. The zero-order valence-electron chi connectivity index (χ0n) is 16.1. The molecule has 0 saturated carbocycles. The van der Waals surface area contributed by atoms with E-state index < -0.39 is 11.9 Å². The van der Waals surface area contributed by atoms with Gasteiger partial charge in [0.05, 0.1) is 31.2 Å². The number of aromatic carboxylic acids is 1. The number of nitrogens with zero attached hydrogens (tertiary/aromatic N) is 2. The molecule has 0 radical (unpaired) electrons. The van der Waals surface area contributed by atoms with Crippen LogP contribution in [0.5, 0.6) is 11.5 Å². The number of fused-ring (bicyclic) bond motifs is 1. The van der Waals surface area contributed by atoms with Crippen LogP contribution in [0.25, 0.3) is 5.65 Å². The van der Waals surface area contributed by atoms with E-state index in [0.717, 1.165) is 5.56 Å². The second kappa shape index (κ2) is 7.59. The van der Waals surface area contributed by atoms with E-state index in [9.17, 15) is 14.7 Å². The Kier molecular flexibility index (Phi) is 5.21. The Morgan fingerprint density at radius 1 is 1.21 bits per heavy atom. The van der Waals surface area contributed by atoms with Crippen molar-refractivity contribution in [3.05, 3.63) is 53.0 Å². The number of carbonyl (C=O) groups excluding carboxylic acids is 1. The molecule has 0 unspecified atom stereocenters. The van der Waals surface area contributed by atoms with Gasteiger partial charge in [0, 0.05) is 18.3 Å². The number of aryl methyl sites for hydroxylation is 2. The van der Waals surface area contributed by atoms with E-state index in [-0.39, 0.29) is 17.0 Å². The van der Waals surface area contributed by atoms with Gasteiger partial charge in [-0.2, -0.15) is 0 Å². The van der Waals surface area contributed by atoms with E-state index in [1.54, 1.807) is 10.6 Å². The number of methoxy groups -OCH3 is 2. The highest BCUT2D eigenvalue weighted by molar-refractivity contribution is 6.08. The molecule has 146 valence electrons. The molecule has 0 spiro atoms. The van der Waals surface area contributed by atoms with Crippen LogP contribution in [-0.2, 0) is 6.42 Å². The number of carboxylic acid groups (broad SMARTS) is 1. The Bertz CT molecular complexity index is 1070. The van der Waals surface area contributed by atoms with Gasteiger partial charge in [0.2, 0.25) is 0 Å². The average Bonchev–Trinajstić information content (AvgIpc) is 3.07. The lowest BCUT2D eigenvalue weighted by Gasteiger charge is -2.14. The van der Waals surface area contributed by atoms with Crippen molar-refractivity contribution in [1.29, 1.82) is 0 Å². The summed E-state index contributed by atoms with van der Waals surface area (Å²) in [5.41, 5.74) is 2.63. The normalized spacial score (nSPS) is 10.7. The van der Waals surface area contributed by atoms with Crippen LogP contribution < -0.4 is 14.8 Å². The van der Waals surface area contributed by atoms with Gasteiger partial charge in [-0.1, -0.05) is 13.0 Å². The standard InChI is InChI=1S/C20H21N3O5/c1-5-13-17(23-8-6-7-11(2)18(23)21-13)19(24)22-14-10-16(28-4)15(27-3)9-12(14)20(25)26/h6-10H,5H2,1-4H3,(H,22,24)(H,25,26). The lowest BCUT2D eigenvalue weighted by atomic mass is 10.1. The fourth-order valence-corrected chi connectivity index (χ4v) is 3.08. The summed E-state index contributed by atoms with van der Waals surface area (Å²) < 4.78 is 12.1. The molecule has 0 atom stereocenters. The van der Waals surface area contributed by atoms with E-state index in [4.69, 9.17) is 9.47 Å². The molecule has 2 heterocycles. The number of imidazole rings is 1. The van der Waals surface area contributed by atoms with Crippen molar-refractivity contribution in [2.24, 2.45) is 0 Å². The van der Waals surface area contributed by atoms with Crippen molar-refractivity contribution in [3.8, 4) is 11.5 Å². The number of carboxylic acids is 1. The summed E-state index contributed by atoms with van der Waals surface area (Å²) in [6.07, 6.45) is 2.32. The van der Waals surface area contributed by atoms with Gasteiger partial charge in [-0.05, 0) is 25.0 Å². The Hall–Kier alpha value is -3.55. The van der Waals surface area contributed by atoms with Gasteiger partial charge in [-0.25, -0.2) is 9.78 Å². The van der Waals surface area contributed by atoms with Gasteiger partial charge >= 0.3 is 5.97 Å². The SMILES string of the molecule is CCc1nc2c(C)cccn2c1C(=O)Nc1cc(OC)c(OC)cc1C(=O)O. The van der Waals surface area contributed by atoms with Crippen LogP contribution in [0.4, 0.5) is 5.69 Å². The monoisotopic (exact) mass is 383 g/mol. The highest BCUT2D eigenvalue weighted by Gasteiger charge is 2.23. The molecule has 0 bridgehead atoms. The van der Waals surface area contributed by atoms with Crippen molar-refractivity contribution >= 4 is 23.2 Å². The molecule has 2 aromatic heterocycles. The van der Waals surface area contributed by atoms with Crippen molar-refractivity contribution in [2.45, 2.75) is 20.3 Å². The number of hydrogen-bond donors (Lipinski definition) is 2. The Labute approximate surface area is 161 Å². The molecule has 3 rings (SSSR count). The Morgan fingerprint density at radius 3 is 2.50 bits per heavy atom. The molecule has 8 nitrogen and oxygen atoms in total. The van der Waals surface area contributed by atoms with Gasteiger partial charge in [-0.15, -0.1) is 0 Å². The molecule has 0 saturated heterocycles. The zero-order valence-corrected chi connectivity index (χ0v) is 16.1. The number of hydrogen-bond acceptors (Lipinski definition) is 5. The fourth-order valence-electron chi connectivity index (χ4n) is 3.08. The first kappa shape index (κ1) is 19.2. The average molecular weight is 383 g/mol. The first-order valence-corrected chi connectivity index (χ1v) is 8.68. The Balaban J connectivity index is 2.10. The van der Waals surface area contributed by atoms with Gasteiger partial charge in [0.1, 0.15) is 11.3 Å². The lowest BCUT2D eigenvalue weighted by Crippen LogP contribution is -2.18. The van der Waals surface area contributed by atoms with E-state index in [0.29, 0.717) is 29.2 Å². The number of benzene rings is 1. The molecule has 0 fully saturated rings. The topological polar surface area (TPSA) is 102 Å². The number of anilines is 1. The largest absolute Gasteiger partial charge is 0.493 e. The summed E-state index contributed by atoms with van der Waals surface area (Å²) in [5, 5.41) is 12.2. The van der Waals surface area contributed by atoms with Crippen LogP contribution in [-0.4, -0.2) is 40.6 Å². The van der Waals surface area contributed by atoms with Crippen LogP contribution in [0, 0.1) is 6.92 Å². The number of pyridine rings is 1. The second-order valence-corrected chi connectivity index (χ2v) is 6.16.